The van der Waals surface area contributed by atoms with Crippen LogP contribution in [0.25, 0.3) is 0 Å². The zero-order valence-corrected chi connectivity index (χ0v) is 9.00. The molecule has 2 heterocycles. The van der Waals surface area contributed by atoms with Crippen LogP contribution in [-0.4, -0.2) is 22.9 Å². The molecule has 1 aliphatic carbocycles. The Labute approximate surface area is 89.8 Å². The maximum atomic E-state index is 5.98. The van der Waals surface area contributed by atoms with Crippen LogP contribution in [0.15, 0.2) is 0 Å². The number of hydrogen-bond donors (Lipinski definition) is 2. The smallest absolute Gasteiger partial charge is 0.148 e. The van der Waals surface area contributed by atoms with Gasteiger partial charge in [-0.3, -0.25) is 4.68 Å². The lowest BCUT2D eigenvalue weighted by Crippen LogP contribution is -2.18. The number of hydrogen-bond acceptors (Lipinski definition) is 3. The van der Waals surface area contributed by atoms with Crippen LogP contribution in [0.3, 0.4) is 0 Å². The summed E-state index contributed by atoms with van der Waals surface area (Å²) in [5.41, 5.74) is 8.71. The number of nitrogen functional groups attached to an aromatic ring is 1. The molecule has 1 aromatic rings. The minimum atomic E-state index is 0.536. The van der Waals surface area contributed by atoms with Crippen LogP contribution in [0.2, 0.25) is 0 Å². The monoisotopic (exact) mass is 206 g/mol. The first kappa shape index (κ1) is 9.21. The van der Waals surface area contributed by atoms with Gasteiger partial charge in [-0.15, -0.1) is 0 Å². The van der Waals surface area contributed by atoms with Crippen molar-refractivity contribution in [2.24, 2.45) is 0 Å². The molecule has 1 saturated heterocycles. The summed E-state index contributed by atoms with van der Waals surface area (Å²) in [5.74, 6) is 0.775. The van der Waals surface area contributed by atoms with Crippen molar-refractivity contribution < 1.29 is 0 Å². The van der Waals surface area contributed by atoms with Crippen LogP contribution in [-0.2, 0) is 12.8 Å². The molecule has 1 aliphatic heterocycles. The third-order valence-electron chi connectivity index (χ3n) is 3.62. The van der Waals surface area contributed by atoms with E-state index < -0.39 is 0 Å². The summed E-state index contributed by atoms with van der Waals surface area (Å²) in [6.07, 6.45) is 6.04. The van der Waals surface area contributed by atoms with E-state index in [4.69, 9.17) is 5.73 Å². The number of anilines is 1. The number of nitrogens with zero attached hydrogens (tertiary/aromatic N) is 2. The van der Waals surface area contributed by atoms with E-state index in [-0.39, 0.29) is 0 Å². The normalized spacial score (nSPS) is 25.5. The molecule has 3 N–H and O–H groups in total. The summed E-state index contributed by atoms with van der Waals surface area (Å²) in [7, 11) is 0. The molecule has 0 amide bonds. The molecular formula is C11H18N4. The van der Waals surface area contributed by atoms with Gasteiger partial charge in [-0.1, -0.05) is 0 Å². The number of nitrogens with two attached hydrogens (primary N) is 1. The van der Waals surface area contributed by atoms with E-state index in [1.165, 1.54) is 30.5 Å². The Kier molecular flexibility index (Phi) is 2.16. The fourth-order valence-electron chi connectivity index (χ4n) is 2.81. The lowest BCUT2D eigenvalue weighted by Gasteiger charge is -2.17. The number of rotatable bonds is 1. The molecule has 82 valence electrons. The molecule has 0 bridgehead atoms. The zero-order chi connectivity index (χ0) is 10.3. The van der Waals surface area contributed by atoms with Crippen molar-refractivity contribution in [3.63, 3.8) is 0 Å². The molecule has 1 atom stereocenters. The summed E-state index contributed by atoms with van der Waals surface area (Å²) < 4.78 is 2.20. The zero-order valence-electron chi connectivity index (χ0n) is 9.00. The molecule has 0 spiro atoms. The topological polar surface area (TPSA) is 55.9 Å². The molecule has 0 radical (unpaired) electrons. The van der Waals surface area contributed by atoms with E-state index in [0.29, 0.717) is 6.04 Å². The van der Waals surface area contributed by atoms with Gasteiger partial charge in [-0.2, -0.15) is 5.10 Å². The highest BCUT2D eigenvalue weighted by atomic mass is 15.3. The van der Waals surface area contributed by atoms with Crippen LogP contribution in [0, 0.1) is 0 Å². The van der Waals surface area contributed by atoms with Crippen molar-refractivity contribution in [3.05, 3.63) is 11.3 Å². The van der Waals surface area contributed by atoms with Crippen molar-refractivity contribution in [3.8, 4) is 0 Å². The van der Waals surface area contributed by atoms with Crippen LogP contribution in [0.4, 0.5) is 5.82 Å². The molecule has 0 aromatic carbocycles. The molecule has 1 fully saturated rings. The number of aromatic nitrogens is 2. The average molecular weight is 206 g/mol. The molecule has 4 nitrogen and oxygen atoms in total. The highest BCUT2D eigenvalue weighted by molar-refractivity contribution is 5.44. The average Bonchev–Trinajstić information content (AvgIpc) is 2.87. The van der Waals surface area contributed by atoms with Crippen LogP contribution in [0.5, 0.6) is 0 Å². The first-order valence-corrected chi connectivity index (χ1v) is 5.92. The summed E-state index contributed by atoms with van der Waals surface area (Å²) in [5, 5.41) is 7.91. The van der Waals surface area contributed by atoms with Crippen LogP contribution in [0.1, 0.15) is 36.6 Å². The van der Waals surface area contributed by atoms with Crippen molar-refractivity contribution in [1.29, 1.82) is 0 Å². The van der Waals surface area contributed by atoms with Crippen molar-refractivity contribution in [2.75, 3.05) is 18.8 Å². The fourth-order valence-corrected chi connectivity index (χ4v) is 2.81. The molecule has 1 unspecified atom stereocenters. The van der Waals surface area contributed by atoms with E-state index in [2.05, 4.69) is 15.1 Å². The Hall–Kier alpha value is -1.03. The highest BCUT2D eigenvalue weighted by Gasteiger charge is 2.25. The number of nitrogens with one attached hydrogen (secondary N) is 1. The molecule has 0 saturated carbocycles. The highest BCUT2D eigenvalue weighted by Crippen LogP contribution is 2.29. The largest absolute Gasteiger partial charge is 0.382 e. The Morgan fingerprint density at radius 2 is 2.20 bits per heavy atom. The van der Waals surface area contributed by atoms with Gasteiger partial charge in [-0.05, 0) is 38.6 Å². The van der Waals surface area contributed by atoms with Gasteiger partial charge in [-0.25, -0.2) is 0 Å². The first-order valence-electron chi connectivity index (χ1n) is 5.92. The summed E-state index contributed by atoms with van der Waals surface area (Å²) in [6.45, 7) is 2.16. The standard InChI is InChI=1S/C11H18N4/c12-11-9-3-1-2-4-10(9)15(14-11)8-5-6-13-7-8/h8,13H,1-7H2,(H2,12,14). The second-order valence-electron chi connectivity index (χ2n) is 4.61. The molecule has 4 heteroatoms. The van der Waals surface area contributed by atoms with Gasteiger partial charge in [0, 0.05) is 17.8 Å². The summed E-state index contributed by atoms with van der Waals surface area (Å²) in [6, 6.07) is 0.536. The minimum absolute atomic E-state index is 0.536. The van der Waals surface area contributed by atoms with Crippen LogP contribution < -0.4 is 11.1 Å². The number of fused-ring (bicyclic) bond motifs is 1. The van der Waals surface area contributed by atoms with Gasteiger partial charge in [0.1, 0.15) is 5.82 Å². The predicted molar refractivity (Wildman–Crippen MR) is 59.8 cm³/mol. The van der Waals surface area contributed by atoms with Gasteiger partial charge in [0.05, 0.1) is 6.04 Å². The Bertz CT molecular complexity index is 363. The van der Waals surface area contributed by atoms with Gasteiger partial charge < -0.3 is 11.1 Å². The third kappa shape index (κ3) is 1.44. The molecule has 2 aliphatic rings. The second kappa shape index (κ2) is 3.52. The SMILES string of the molecule is Nc1nn(C2CCNC2)c2c1CCCC2. The van der Waals surface area contributed by atoms with E-state index in [1.54, 1.807) is 0 Å². The summed E-state index contributed by atoms with van der Waals surface area (Å²) in [4.78, 5) is 0. The van der Waals surface area contributed by atoms with Gasteiger partial charge >= 0.3 is 0 Å². The lowest BCUT2D eigenvalue weighted by molar-refractivity contribution is 0.463. The molecule has 3 rings (SSSR count). The third-order valence-corrected chi connectivity index (χ3v) is 3.62. The maximum absolute atomic E-state index is 5.98. The van der Waals surface area contributed by atoms with Crippen molar-refractivity contribution >= 4 is 5.82 Å². The van der Waals surface area contributed by atoms with Crippen molar-refractivity contribution in [2.45, 2.75) is 38.1 Å². The second-order valence-corrected chi connectivity index (χ2v) is 4.61. The van der Waals surface area contributed by atoms with Gasteiger partial charge in [0.25, 0.3) is 0 Å². The fraction of sp³-hybridized carbons (Fsp3) is 0.727. The Morgan fingerprint density at radius 3 is 3.00 bits per heavy atom. The molecule has 1 aromatic heterocycles. The summed E-state index contributed by atoms with van der Waals surface area (Å²) >= 11 is 0. The Morgan fingerprint density at radius 1 is 1.33 bits per heavy atom. The van der Waals surface area contributed by atoms with E-state index in [9.17, 15) is 0 Å². The van der Waals surface area contributed by atoms with E-state index >= 15 is 0 Å². The minimum Gasteiger partial charge on any atom is -0.382 e. The lowest BCUT2D eigenvalue weighted by atomic mass is 9.97. The van der Waals surface area contributed by atoms with E-state index in [1.807, 2.05) is 0 Å². The van der Waals surface area contributed by atoms with Crippen molar-refractivity contribution in [1.82, 2.24) is 15.1 Å². The molecule has 15 heavy (non-hydrogen) atoms. The van der Waals surface area contributed by atoms with E-state index in [0.717, 1.165) is 31.7 Å². The van der Waals surface area contributed by atoms with Gasteiger partial charge in [0.2, 0.25) is 0 Å². The first-order chi connectivity index (χ1) is 7.36. The quantitative estimate of drug-likeness (QED) is 0.717. The predicted octanol–water partition coefficient (Wildman–Crippen LogP) is 0.878. The molecular weight excluding hydrogens is 188 g/mol. The van der Waals surface area contributed by atoms with Gasteiger partial charge in [0.15, 0.2) is 0 Å². The van der Waals surface area contributed by atoms with Crippen LogP contribution >= 0.6 is 0 Å². The maximum Gasteiger partial charge on any atom is 0.148 e. The Balaban J connectivity index is 1.99.